The van der Waals surface area contributed by atoms with Crippen molar-refractivity contribution >= 4 is 23.5 Å². The molecule has 3 N–H and O–H groups in total. The highest BCUT2D eigenvalue weighted by Crippen LogP contribution is 2.27. The molecule has 8 nitrogen and oxygen atoms in total. The van der Waals surface area contributed by atoms with Gasteiger partial charge >= 0.3 is 6.03 Å². The number of nitrogens with zero attached hydrogens (tertiary/aromatic N) is 1. The van der Waals surface area contributed by atoms with E-state index in [0.717, 1.165) is 0 Å². The third-order valence-electron chi connectivity index (χ3n) is 5.03. The van der Waals surface area contributed by atoms with Gasteiger partial charge in [-0.05, 0) is 36.8 Å². The van der Waals surface area contributed by atoms with Crippen molar-refractivity contribution in [3.63, 3.8) is 0 Å². The fourth-order valence-electron chi connectivity index (χ4n) is 3.31. The number of carbonyl (C=O) groups is 3. The molecule has 1 atom stereocenters. The van der Waals surface area contributed by atoms with Gasteiger partial charge in [0.2, 0.25) is 5.91 Å². The minimum atomic E-state index is -1.21. The quantitative estimate of drug-likeness (QED) is 0.529. The Labute approximate surface area is 176 Å². The molecule has 31 heavy (non-hydrogen) atoms. The van der Waals surface area contributed by atoms with Crippen LogP contribution in [0.4, 0.5) is 14.9 Å². The average molecular weight is 422 g/mol. The summed E-state index contributed by atoms with van der Waals surface area (Å²) in [6, 6.07) is 12.3. The number of carbonyl (C=O) groups excluding carboxylic acids is 3. The van der Waals surface area contributed by atoms with E-state index in [0.29, 0.717) is 28.5 Å². The van der Waals surface area contributed by atoms with E-state index in [9.17, 15) is 18.8 Å². The van der Waals surface area contributed by atoms with Gasteiger partial charge in [-0.3, -0.25) is 14.9 Å². The third-order valence-corrected chi connectivity index (χ3v) is 5.03. The van der Waals surface area contributed by atoms with Crippen LogP contribution >= 0.6 is 0 Å². The van der Waals surface area contributed by atoms with Gasteiger partial charge in [-0.1, -0.05) is 24.3 Å². The molecule has 4 amide bonds. The fourth-order valence-corrected chi connectivity index (χ4v) is 3.31. The molecule has 0 spiro atoms. The molecule has 0 radical (unpaired) electrons. The van der Waals surface area contributed by atoms with E-state index in [1.807, 2.05) is 0 Å². The van der Waals surface area contributed by atoms with Crippen LogP contribution in [0.15, 0.2) is 59.1 Å². The van der Waals surface area contributed by atoms with Crippen LogP contribution in [0.5, 0.6) is 0 Å². The summed E-state index contributed by atoms with van der Waals surface area (Å²) in [6.07, 6.45) is 1.75. The van der Waals surface area contributed by atoms with Gasteiger partial charge in [0.25, 0.3) is 5.91 Å². The molecular weight excluding hydrogens is 403 g/mol. The first-order valence-corrected chi connectivity index (χ1v) is 9.59. The zero-order valence-electron chi connectivity index (χ0n) is 16.6. The summed E-state index contributed by atoms with van der Waals surface area (Å²) in [6.45, 7) is 1.59. The lowest BCUT2D eigenvalue weighted by Crippen LogP contribution is -2.40. The maximum Gasteiger partial charge on any atom is 0.322 e. The first kappa shape index (κ1) is 20.3. The molecule has 0 bridgehead atoms. The average Bonchev–Trinajstić information content (AvgIpc) is 3.31. The summed E-state index contributed by atoms with van der Waals surface area (Å²) >= 11 is 0. The topological polar surface area (TPSA) is 113 Å². The molecule has 9 heteroatoms. The second-order valence-corrected chi connectivity index (χ2v) is 7.26. The summed E-state index contributed by atoms with van der Waals surface area (Å²) in [7, 11) is 0. The van der Waals surface area contributed by atoms with E-state index >= 15 is 0 Å². The van der Waals surface area contributed by atoms with Gasteiger partial charge in [-0.25, -0.2) is 14.2 Å². The second kappa shape index (κ2) is 8.02. The summed E-state index contributed by atoms with van der Waals surface area (Å²) in [5, 5.41) is 7.54. The van der Waals surface area contributed by atoms with Crippen molar-refractivity contribution in [1.82, 2.24) is 15.6 Å². The van der Waals surface area contributed by atoms with E-state index in [2.05, 4.69) is 20.9 Å². The van der Waals surface area contributed by atoms with Crippen LogP contribution in [-0.2, 0) is 21.5 Å². The molecule has 158 valence electrons. The molecule has 2 aromatic carbocycles. The predicted molar refractivity (Wildman–Crippen MR) is 109 cm³/mol. The highest BCUT2D eigenvalue weighted by Gasteiger charge is 2.43. The van der Waals surface area contributed by atoms with E-state index < -0.39 is 23.3 Å². The maximum atomic E-state index is 13.9. The molecule has 1 fully saturated rings. The smallest absolute Gasteiger partial charge is 0.322 e. The number of nitrogens with one attached hydrogen (secondary N) is 3. The molecule has 3 aromatic rings. The molecule has 4 rings (SSSR count). The zero-order valence-corrected chi connectivity index (χ0v) is 16.6. The summed E-state index contributed by atoms with van der Waals surface area (Å²) in [4.78, 5) is 40.1. The molecule has 1 aliphatic heterocycles. The van der Waals surface area contributed by atoms with Crippen molar-refractivity contribution in [1.29, 1.82) is 0 Å². The molecule has 1 saturated heterocycles. The number of imide groups is 1. The van der Waals surface area contributed by atoms with Gasteiger partial charge in [0.05, 0.1) is 11.8 Å². The van der Waals surface area contributed by atoms with E-state index in [4.69, 9.17) is 4.42 Å². The Kier molecular flexibility index (Phi) is 5.24. The minimum Gasteiger partial charge on any atom is -0.441 e. The standard InChI is InChI=1S/C22H19FN4O4/c1-22(20(29)26-21(30)27-22)13-5-4-6-14(11-13)25-18(28)9-10-19-24-12-17(31-19)15-7-2-3-8-16(15)23/h2-8,11-12H,9-10H2,1H3,(H,25,28)(H2,26,27,29,30)/t22-/m0/s1. The third kappa shape index (κ3) is 4.16. The number of hydrogen-bond acceptors (Lipinski definition) is 5. The summed E-state index contributed by atoms with van der Waals surface area (Å²) in [5.74, 6) is -0.543. The fraction of sp³-hybridized carbons (Fsp3) is 0.182. The van der Waals surface area contributed by atoms with E-state index in [1.165, 1.54) is 12.3 Å². The number of halogens is 1. The van der Waals surface area contributed by atoms with Crippen LogP contribution in [0.1, 0.15) is 24.8 Å². The number of anilines is 1. The molecule has 1 aromatic heterocycles. The predicted octanol–water partition coefficient (Wildman–Crippen LogP) is 3.11. The normalized spacial score (nSPS) is 17.9. The van der Waals surface area contributed by atoms with E-state index in [1.54, 1.807) is 49.4 Å². The molecule has 0 unspecified atom stereocenters. The second-order valence-electron chi connectivity index (χ2n) is 7.26. The Balaban J connectivity index is 1.39. The van der Waals surface area contributed by atoms with Crippen molar-refractivity contribution in [2.45, 2.75) is 25.3 Å². The number of amides is 4. The highest BCUT2D eigenvalue weighted by molar-refractivity contribution is 6.07. The van der Waals surface area contributed by atoms with Crippen molar-refractivity contribution in [2.75, 3.05) is 5.32 Å². The Morgan fingerprint density at radius 2 is 2.00 bits per heavy atom. The van der Waals surface area contributed by atoms with E-state index in [-0.39, 0.29) is 18.7 Å². The minimum absolute atomic E-state index is 0.0932. The maximum absolute atomic E-state index is 13.9. The monoisotopic (exact) mass is 422 g/mol. The van der Waals surface area contributed by atoms with Gasteiger partial charge < -0.3 is 15.1 Å². The summed E-state index contributed by atoms with van der Waals surface area (Å²) in [5.41, 5.74) is 0.117. The van der Waals surface area contributed by atoms with Crippen molar-refractivity contribution in [3.8, 4) is 11.3 Å². The van der Waals surface area contributed by atoms with Crippen LogP contribution in [0.25, 0.3) is 11.3 Å². The van der Waals surface area contributed by atoms with Crippen molar-refractivity contribution < 1.29 is 23.2 Å². The number of aromatic nitrogens is 1. The van der Waals surface area contributed by atoms with Crippen LogP contribution in [0.2, 0.25) is 0 Å². The SMILES string of the molecule is C[C@@]1(c2cccc(NC(=O)CCc3ncc(-c4ccccc4F)o3)c2)NC(=O)NC1=O. The van der Waals surface area contributed by atoms with Gasteiger partial charge in [0.15, 0.2) is 11.7 Å². The number of benzene rings is 2. The number of aryl methyl sites for hydroxylation is 1. The van der Waals surface area contributed by atoms with Crippen LogP contribution in [0.3, 0.4) is 0 Å². The van der Waals surface area contributed by atoms with Gasteiger partial charge in [-0.15, -0.1) is 0 Å². The number of oxazole rings is 1. The Morgan fingerprint density at radius 3 is 2.74 bits per heavy atom. The molecule has 0 aliphatic carbocycles. The van der Waals surface area contributed by atoms with Crippen LogP contribution in [0, 0.1) is 5.82 Å². The molecule has 1 aliphatic rings. The van der Waals surface area contributed by atoms with Crippen molar-refractivity contribution in [2.24, 2.45) is 0 Å². The van der Waals surface area contributed by atoms with Gasteiger partial charge in [-0.2, -0.15) is 0 Å². The van der Waals surface area contributed by atoms with Crippen LogP contribution < -0.4 is 16.0 Å². The van der Waals surface area contributed by atoms with Gasteiger partial charge in [0, 0.05) is 18.5 Å². The molecular formula is C22H19FN4O4. The zero-order chi connectivity index (χ0) is 22.0. The Hall–Kier alpha value is -4.01. The number of rotatable bonds is 6. The van der Waals surface area contributed by atoms with Crippen LogP contribution in [-0.4, -0.2) is 22.8 Å². The first-order valence-electron chi connectivity index (χ1n) is 9.59. The molecule has 2 heterocycles. The largest absolute Gasteiger partial charge is 0.441 e. The Bertz CT molecular complexity index is 1180. The lowest BCUT2D eigenvalue weighted by molar-refractivity contribution is -0.123. The highest BCUT2D eigenvalue weighted by atomic mass is 19.1. The van der Waals surface area contributed by atoms with Crippen molar-refractivity contribution in [3.05, 3.63) is 72.0 Å². The Morgan fingerprint density at radius 1 is 1.19 bits per heavy atom. The molecule has 0 saturated carbocycles. The lowest BCUT2D eigenvalue weighted by atomic mass is 9.92. The summed E-state index contributed by atoms with van der Waals surface area (Å²) < 4.78 is 19.4. The lowest BCUT2D eigenvalue weighted by Gasteiger charge is -2.21. The first-order chi connectivity index (χ1) is 14.8. The number of hydrogen-bond donors (Lipinski definition) is 3. The number of urea groups is 1. The van der Waals surface area contributed by atoms with Gasteiger partial charge in [0.1, 0.15) is 11.4 Å².